The molecule has 0 heterocycles. The number of allylic oxidation sites excluding steroid dienone is 4. The molecule has 1 heteroatoms. The van der Waals surface area contributed by atoms with E-state index >= 15 is 0 Å². The molecular formula is C12H20O. The summed E-state index contributed by atoms with van der Waals surface area (Å²) < 4.78 is 0. The van der Waals surface area contributed by atoms with Crippen molar-refractivity contribution in [2.75, 3.05) is 0 Å². The molecule has 1 nitrogen and oxygen atoms in total. The quantitative estimate of drug-likeness (QED) is 0.520. The molecule has 0 saturated carbocycles. The lowest BCUT2D eigenvalue weighted by Crippen LogP contribution is -2.16. The van der Waals surface area contributed by atoms with Gasteiger partial charge in [0.05, 0.1) is 6.10 Å². The molecular weight excluding hydrogens is 160 g/mol. The summed E-state index contributed by atoms with van der Waals surface area (Å²) in [7, 11) is 0. The fraction of sp³-hybridized carbons (Fsp3) is 0.500. The van der Waals surface area contributed by atoms with Gasteiger partial charge in [-0.3, -0.25) is 0 Å². The fourth-order valence-electron chi connectivity index (χ4n) is 1.04. The van der Waals surface area contributed by atoms with E-state index in [9.17, 15) is 5.11 Å². The van der Waals surface area contributed by atoms with Gasteiger partial charge in [0.2, 0.25) is 0 Å². The lowest BCUT2D eigenvalue weighted by Gasteiger charge is -2.15. The third-order valence-electron chi connectivity index (χ3n) is 2.14. The van der Waals surface area contributed by atoms with E-state index in [1.807, 2.05) is 58.1 Å². The van der Waals surface area contributed by atoms with Crippen LogP contribution in [0.4, 0.5) is 0 Å². The third-order valence-corrected chi connectivity index (χ3v) is 2.14. The normalized spacial score (nSPS) is 18.4. The van der Waals surface area contributed by atoms with Crippen molar-refractivity contribution in [2.24, 2.45) is 5.92 Å². The number of hydrogen-bond acceptors (Lipinski definition) is 1. The van der Waals surface area contributed by atoms with Crippen LogP contribution < -0.4 is 0 Å². The van der Waals surface area contributed by atoms with Crippen LogP contribution in [0.2, 0.25) is 0 Å². The molecule has 0 saturated heterocycles. The standard InChI is InChI=1S/C12H20O/c1-5-7-8-9-11(4)12(13)10(3)6-2/h5-9,11-13H,1-4H3/b7-5+,9-8+,10-6+/t11-,12+/m0/s1. The van der Waals surface area contributed by atoms with E-state index in [2.05, 4.69) is 0 Å². The Morgan fingerprint density at radius 1 is 1.23 bits per heavy atom. The molecule has 0 aliphatic carbocycles. The Balaban J connectivity index is 4.18. The first kappa shape index (κ1) is 12.2. The first-order valence-corrected chi connectivity index (χ1v) is 4.73. The molecule has 0 unspecified atom stereocenters. The zero-order valence-electron chi connectivity index (χ0n) is 8.99. The summed E-state index contributed by atoms with van der Waals surface area (Å²) in [5.41, 5.74) is 1.03. The highest BCUT2D eigenvalue weighted by Crippen LogP contribution is 2.13. The first-order valence-electron chi connectivity index (χ1n) is 4.73. The second-order valence-electron chi connectivity index (χ2n) is 3.25. The van der Waals surface area contributed by atoms with Gasteiger partial charge in [-0.2, -0.15) is 0 Å². The minimum absolute atomic E-state index is 0.174. The van der Waals surface area contributed by atoms with Gasteiger partial charge in [-0.05, 0) is 26.3 Å². The summed E-state index contributed by atoms with van der Waals surface area (Å²) in [4.78, 5) is 0. The van der Waals surface area contributed by atoms with E-state index in [0.717, 1.165) is 5.57 Å². The summed E-state index contributed by atoms with van der Waals surface area (Å²) in [6, 6.07) is 0. The number of aliphatic hydroxyl groups excluding tert-OH is 1. The van der Waals surface area contributed by atoms with Gasteiger partial charge >= 0.3 is 0 Å². The Morgan fingerprint density at radius 2 is 1.85 bits per heavy atom. The van der Waals surface area contributed by atoms with E-state index in [4.69, 9.17) is 0 Å². The summed E-state index contributed by atoms with van der Waals surface area (Å²) >= 11 is 0. The third kappa shape index (κ3) is 4.69. The molecule has 0 aromatic heterocycles. The Hall–Kier alpha value is -0.820. The fourth-order valence-corrected chi connectivity index (χ4v) is 1.04. The Labute approximate surface area is 81.5 Å². The molecule has 2 atom stereocenters. The lowest BCUT2D eigenvalue weighted by atomic mass is 9.98. The van der Waals surface area contributed by atoms with Gasteiger partial charge in [-0.25, -0.2) is 0 Å². The highest BCUT2D eigenvalue weighted by atomic mass is 16.3. The second kappa shape index (κ2) is 6.67. The highest BCUT2D eigenvalue weighted by Gasteiger charge is 2.11. The van der Waals surface area contributed by atoms with Crippen molar-refractivity contribution in [3.8, 4) is 0 Å². The van der Waals surface area contributed by atoms with Crippen molar-refractivity contribution >= 4 is 0 Å². The maximum atomic E-state index is 9.74. The van der Waals surface area contributed by atoms with Gasteiger partial charge in [-0.1, -0.05) is 37.3 Å². The van der Waals surface area contributed by atoms with E-state index in [0.29, 0.717) is 0 Å². The summed E-state index contributed by atoms with van der Waals surface area (Å²) in [5, 5.41) is 9.74. The van der Waals surface area contributed by atoms with E-state index in [1.165, 1.54) is 0 Å². The van der Waals surface area contributed by atoms with Gasteiger partial charge < -0.3 is 5.11 Å². The SMILES string of the molecule is C/C=C/C=C/[C@H](C)[C@H](O)/C(C)=C/C. The molecule has 1 N–H and O–H groups in total. The van der Waals surface area contributed by atoms with Gasteiger partial charge in [0, 0.05) is 5.92 Å². The Bertz CT molecular complexity index is 211. The molecule has 0 fully saturated rings. The molecule has 0 radical (unpaired) electrons. The van der Waals surface area contributed by atoms with Crippen LogP contribution in [0, 0.1) is 5.92 Å². The van der Waals surface area contributed by atoms with Crippen LogP contribution in [0.1, 0.15) is 27.7 Å². The molecule has 0 rings (SSSR count). The number of rotatable bonds is 4. The zero-order chi connectivity index (χ0) is 10.3. The number of hydrogen-bond donors (Lipinski definition) is 1. The lowest BCUT2D eigenvalue weighted by molar-refractivity contribution is 0.173. The molecule has 0 aromatic carbocycles. The molecule has 0 aromatic rings. The van der Waals surface area contributed by atoms with Crippen molar-refractivity contribution in [1.29, 1.82) is 0 Å². The molecule has 0 spiro atoms. The van der Waals surface area contributed by atoms with Crippen LogP contribution in [0.15, 0.2) is 36.0 Å². The summed E-state index contributed by atoms with van der Waals surface area (Å²) in [6.07, 6.45) is 9.51. The van der Waals surface area contributed by atoms with Gasteiger partial charge in [0.15, 0.2) is 0 Å². The Kier molecular flexibility index (Phi) is 6.25. The van der Waals surface area contributed by atoms with Crippen LogP contribution in [-0.2, 0) is 0 Å². The van der Waals surface area contributed by atoms with Crippen molar-refractivity contribution in [1.82, 2.24) is 0 Å². The van der Waals surface area contributed by atoms with E-state index < -0.39 is 0 Å². The van der Waals surface area contributed by atoms with Crippen LogP contribution in [0.3, 0.4) is 0 Å². The predicted molar refractivity (Wildman–Crippen MR) is 58.6 cm³/mol. The van der Waals surface area contributed by atoms with E-state index in [1.54, 1.807) is 0 Å². The molecule has 13 heavy (non-hydrogen) atoms. The van der Waals surface area contributed by atoms with Crippen molar-refractivity contribution in [3.63, 3.8) is 0 Å². The minimum Gasteiger partial charge on any atom is -0.388 e. The highest BCUT2D eigenvalue weighted by molar-refractivity contribution is 5.11. The number of aliphatic hydroxyl groups is 1. The molecule has 0 aliphatic rings. The minimum atomic E-state index is -0.355. The zero-order valence-corrected chi connectivity index (χ0v) is 8.99. The molecule has 0 bridgehead atoms. The molecule has 0 aliphatic heterocycles. The van der Waals surface area contributed by atoms with Gasteiger partial charge in [0.25, 0.3) is 0 Å². The smallest absolute Gasteiger partial charge is 0.0807 e. The average molecular weight is 180 g/mol. The van der Waals surface area contributed by atoms with Crippen LogP contribution in [0.5, 0.6) is 0 Å². The van der Waals surface area contributed by atoms with Crippen molar-refractivity contribution in [3.05, 3.63) is 36.0 Å². The largest absolute Gasteiger partial charge is 0.388 e. The van der Waals surface area contributed by atoms with Crippen LogP contribution >= 0.6 is 0 Å². The molecule has 74 valence electrons. The maximum Gasteiger partial charge on any atom is 0.0807 e. The van der Waals surface area contributed by atoms with Crippen molar-refractivity contribution in [2.45, 2.75) is 33.8 Å². The topological polar surface area (TPSA) is 20.2 Å². The monoisotopic (exact) mass is 180 g/mol. The van der Waals surface area contributed by atoms with Gasteiger partial charge in [-0.15, -0.1) is 0 Å². The van der Waals surface area contributed by atoms with Crippen LogP contribution in [-0.4, -0.2) is 11.2 Å². The maximum absolute atomic E-state index is 9.74. The van der Waals surface area contributed by atoms with Crippen molar-refractivity contribution < 1.29 is 5.11 Å². The average Bonchev–Trinajstić information content (AvgIpc) is 2.15. The summed E-state index contributed by atoms with van der Waals surface area (Å²) in [6.45, 7) is 7.88. The second-order valence-corrected chi connectivity index (χ2v) is 3.25. The first-order chi connectivity index (χ1) is 6.13. The molecule has 0 amide bonds. The predicted octanol–water partition coefficient (Wildman–Crippen LogP) is 3.08. The Morgan fingerprint density at radius 3 is 2.31 bits per heavy atom. The van der Waals surface area contributed by atoms with Crippen LogP contribution in [0.25, 0.3) is 0 Å². The van der Waals surface area contributed by atoms with E-state index in [-0.39, 0.29) is 12.0 Å². The van der Waals surface area contributed by atoms with Gasteiger partial charge in [0.1, 0.15) is 0 Å². The summed E-state index contributed by atoms with van der Waals surface area (Å²) in [5.74, 6) is 0.174.